The monoisotopic (exact) mass is 239 g/mol. The molecule has 2 saturated heterocycles. The Morgan fingerprint density at radius 3 is 2.59 bits per heavy atom. The van der Waals surface area contributed by atoms with E-state index in [4.69, 9.17) is 5.73 Å². The van der Waals surface area contributed by atoms with Crippen molar-refractivity contribution in [2.75, 3.05) is 6.54 Å². The molecular formula is C14H27N2O+. The minimum absolute atomic E-state index is 0.109. The maximum absolute atomic E-state index is 12.4. The Morgan fingerprint density at radius 2 is 2.00 bits per heavy atom. The van der Waals surface area contributed by atoms with Gasteiger partial charge in [0.25, 0.3) is 0 Å². The molecule has 1 spiro atoms. The largest absolute Gasteiger partial charge is 0.325 e. The third-order valence-corrected chi connectivity index (χ3v) is 4.87. The van der Waals surface area contributed by atoms with Gasteiger partial charge in [0.15, 0.2) is 11.6 Å². The van der Waals surface area contributed by atoms with Crippen LogP contribution in [0.5, 0.6) is 0 Å². The molecule has 2 rings (SSSR count). The summed E-state index contributed by atoms with van der Waals surface area (Å²) < 4.78 is 0.716. The van der Waals surface area contributed by atoms with Gasteiger partial charge in [0.2, 0.25) is 0 Å². The number of rotatable bonds is 2. The Balaban J connectivity index is 2.22. The van der Waals surface area contributed by atoms with Crippen LogP contribution in [0.3, 0.4) is 0 Å². The van der Waals surface area contributed by atoms with Gasteiger partial charge in [0.05, 0.1) is 13.0 Å². The standard InChI is InChI=1S/C14H27N2O/c1-13(2,15)10-11-14(3,4)16(11)9-7-5-6-8-12(16)17/h11H,5-10,15H2,1-4H3/q+1. The van der Waals surface area contributed by atoms with Crippen molar-refractivity contribution in [2.24, 2.45) is 5.73 Å². The molecule has 2 unspecified atom stereocenters. The Bertz CT molecular complexity index is 330. The lowest BCUT2D eigenvalue weighted by molar-refractivity contribution is -0.761. The van der Waals surface area contributed by atoms with Crippen LogP contribution in [-0.2, 0) is 4.79 Å². The molecule has 0 aromatic rings. The predicted octanol–water partition coefficient (Wildman–Crippen LogP) is 2.19. The highest BCUT2D eigenvalue weighted by atomic mass is 16.2. The van der Waals surface area contributed by atoms with Crippen molar-refractivity contribution < 1.29 is 9.28 Å². The van der Waals surface area contributed by atoms with Crippen LogP contribution in [-0.4, -0.2) is 34.1 Å². The van der Waals surface area contributed by atoms with Crippen LogP contribution in [0.2, 0.25) is 0 Å². The van der Waals surface area contributed by atoms with Crippen LogP contribution >= 0.6 is 0 Å². The van der Waals surface area contributed by atoms with Crippen LogP contribution in [0.1, 0.15) is 59.8 Å². The highest BCUT2D eigenvalue weighted by Crippen LogP contribution is 2.55. The van der Waals surface area contributed by atoms with Crippen molar-refractivity contribution >= 4 is 5.91 Å². The molecule has 0 bridgehead atoms. The maximum atomic E-state index is 12.4. The van der Waals surface area contributed by atoms with Gasteiger partial charge in [0.1, 0.15) is 0 Å². The van der Waals surface area contributed by atoms with E-state index in [9.17, 15) is 4.79 Å². The topological polar surface area (TPSA) is 43.1 Å². The van der Waals surface area contributed by atoms with Crippen molar-refractivity contribution in [2.45, 2.75) is 76.9 Å². The zero-order chi connectivity index (χ0) is 12.9. The lowest BCUT2D eigenvalue weighted by atomic mass is 9.95. The molecule has 0 aromatic carbocycles. The van der Waals surface area contributed by atoms with Crippen molar-refractivity contribution in [3.05, 3.63) is 0 Å². The summed E-state index contributed by atoms with van der Waals surface area (Å²) >= 11 is 0. The normalized spacial score (nSPS) is 37.0. The van der Waals surface area contributed by atoms with E-state index < -0.39 is 0 Å². The molecule has 3 nitrogen and oxygen atoms in total. The van der Waals surface area contributed by atoms with Crippen LogP contribution in [0.25, 0.3) is 0 Å². The first-order valence-corrected chi connectivity index (χ1v) is 6.92. The average Bonchev–Trinajstić information content (AvgIpc) is 2.70. The molecular weight excluding hydrogens is 212 g/mol. The van der Waals surface area contributed by atoms with Gasteiger partial charge in [-0.1, -0.05) is 0 Å². The van der Waals surface area contributed by atoms with E-state index in [0.29, 0.717) is 16.4 Å². The summed E-state index contributed by atoms with van der Waals surface area (Å²) in [5.74, 6) is 0.460. The predicted molar refractivity (Wildman–Crippen MR) is 69.4 cm³/mol. The number of nitrogens with zero attached hydrogens (tertiary/aromatic N) is 1. The number of amides is 1. The lowest BCUT2D eigenvalue weighted by Crippen LogP contribution is -2.42. The second kappa shape index (κ2) is 3.79. The summed E-state index contributed by atoms with van der Waals surface area (Å²) in [5, 5.41) is 0. The Morgan fingerprint density at radius 1 is 1.35 bits per heavy atom. The van der Waals surface area contributed by atoms with Crippen LogP contribution in [0.15, 0.2) is 0 Å². The molecule has 2 N–H and O–H groups in total. The average molecular weight is 239 g/mol. The first-order chi connectivity index (χ1) is 7.72. The van der Waals surface area contributed by atoms with E-state index in [1.165, 1.54) is 12.8 Å². The quantitative estimate of drug-likeness (QED) is 0.593. The molecule has 2 aliphatic rings. The zero-order valence-corrected chi connectivity index (χ0v) is 11.8. The molecule has 2 atom stereocenters. The molecule has 0 radical (unpaired) electrons. The van der Waals surface area contributed by atoms with Crippen molar-refractivity contribution in [3.63, 3.8) is 0 Å². The fourth-order valence-electron chi connectivity index (χ4n) is 3.84. The molecule has 17 heavy (non-hydrogen) atoms. The summed E-state index contributed by atoms with van der Waals surface area (Å²) in [5.41, 5.74) is 6.09. The summed E-state index contributed by atoms with van der Waals surface area (Å²) in [6.45, 7) is 9.66. The first-order valence-electron chi connectivity index (χ1n) is 6.92. The van der Waals surface area contributed by atoms with Gasteiger partial charge in [0, 0.05) is 12.0 Å². The van der Waals surface area contributed by atoms with E-state index in [2.05, 4.69) is 27.7 Å². The Labute approximate surface area is 105 Å². The van der Waals surface area contributed by atoms with E-state index in [-0.39, 0.29) is 11.1 Å². The molecule has 3 heteroatoms. The smallest absolute Gasteiger partial charge is 0.314 e. The van der Waals surface area contributed by atoms with E-state index in [1.807, 2.05) is 0 Å². The first kappa shape index (κ1) is 13.0. The van der Waals surface area contributed by atoms with E-state index >= 15 is 0 Å². The van der Waals surface area contributed by atoms with Gasteiger partial charge in [-0.3, -0.25) is 0 Å². The highest BCUT2D eigenvalue weighted by molar-refractivity contribution is 5.72. The summed E-state index contributed by atoms with van der Waals surface area (Å²) in [7, 11) is 0. The minimum Gasteiger partial charge on any atom is -0.325 e. The van der Waals surface area contributed by atoms with Crippen LogP contribution in [0, 0.1) is 0 Å². The van der Waals surface area contributed by atoms with Crippen LogP contribution < -0.4 is 5.73 Å². The highest BCUT2D eigenvalue weighted by Gasteiger charge is 2.76. The number of carbonyl (C=O) groups is 1. The maximum Gasteiger partial charge on any atom is 0.314 e. The molecule has 2 fully saturated rings. The van der Waals surface area contributed by atoms with Gasteiger partial charge in [-0.25, -0.2) is 9.28 Å². The second-order valence-electron chi connectivity index (χ2n) is 7.16. The molecule has 1 amide bonds. The number of nitrogens with two attached hydrogens (primary N) is 1. The number of carbonyl (C=O) groups excluding carboxylic acids is 1. The van der Waals surface area contributed by atoms with Crippen molar-refractivity contribution in [3.8, 4) is 0 Å². The molecule has 0 aromatic heterocycles. The van der Waals surface area contributed by atoms with Crippen LogP contribution in [0.4, 0.5) is 0 Å². The lowest BCUT2D eigenvalue weighted by Gasteiger charge is -2.21. The molecule has 0 aliphatic carbocycles. The third kappa shape index (κ3) is 1.93. The summed E-state index contributed by atoms with van der Waals surface area (Å²) in [6.07, 6.45) is 5.20. The van der Waals surface area contributed by atoms with Gasteiger partial charge in [-0.05, 0) is 47.0 Å². The molecule has 2 aliphatic heterocycles. The van der Waals surface area contributed by atoms with E-state index in [0.717, 1.165) is 25.8 Å². The van der Waals surface area contributed by atoms with Gasteiger partial charge in [-0.2, -0.15) is 0 Å². The van der Waals surface area contributed by atoms with Gasteiger partial charge in [-0.15, -0.1) is 0 Å². The fourth-order valence-corrected chi connectivity index (χ4v) is 3.84. The Hall–Kier alpha value is -0.410. The van der Waals surface area contributed by atoms with E-state index in [1.54, 1.807) is 0 Å². The van der Waals surface area contributed by atoms with Gasteiger partial charge >= 0.3 is 5.91 Å². The molecule has 0 saturated carbocycles. The number of hydrogen-bond donors (Lipinski definition) is 1. The number of quaternary nitrogens is 1. The minimum atomic E-state index is -0.170. The number of hydrogen-bond acceptors (Lipinski definition) is 2. The fraction of sp³-hybridized carbons (Fsp3) is 0.929. The van der Waals surface area contributed by atoms with Crippen molar-refractivity contribution in [1.82, 2.24) is 0 Å². The zero-order valence-electron chi connectivity index (χ0n) is 11.8. The molecule has 2 heterocycles. The van der Waals surface area contributed by atoms with Gasteiger partial charge < -0.3 is 5.73 Å². The second-order valence-corrected chi connectivity index (χ2v) is 7.16. The SMILES string of the molecule is CC(C)(N)CC1C(C)(C)[N+]12CCCCCC2=O. The Kier molecular flexibility index (Phi) is 2.91. The summed E-state index contributed by atoms with van der Waals surface area (Å²) in [6, 6.07) is 0.438. The third-order valence-electron chi connectivity index (χ3n) is 4.87. The molecule has 98 valence electrons. The summed E-state index contributed by atoms with van der Waals surface area (Å²) in [4.78, 5) is 12.4. The van der Waals surface area contributed by atoms with Crippen molar-refractivity contribution in [1.29, 1.82) is 0 Å².